The second-order valence-corrected chi connectivity index (χ2v) is 6.91. The minimum Gasteiger partial charge on any atom is -0.311 e. The predicted octanol–water partition coefficient (Wildman–Crippen LogP) is 3.64. The minimum atomic E-state index is -3.26. The van der Waals surface area contributed by atoms with Crippen LogP contribution in [0.5, 0.6) is 0 Å². The third kappa shape index (κ3) is 4.16. The summed E-state index contributed by atoms with van der Waals surface area (Å²) in [6, 6.07) is 9.46. The van der Waals surface area contributed by atoms with Gasteiger partial charge in [-0.25, -0.2) is 0 Å². The van der Waals surface area contributed by atoms with Gasteiger partial charge in [0.05, 0.1) is 0 Å². The average Bonchev–Trinajstić information content (AvgIpc) is 2.44. The molecule has 0 aliphatic heterocycles. The highest BCUT2D eigenvalue weighted by molar-refractivity contribution is 7.54. The molecule has 0 unspecified atom stereocenters. The third-order valence-electron chi connectivity index (χ3n) is 2.71. The summed E-state index contributed by atoms with van der Waals surface area (Å²) in [5.74, 6) is -0.546. The van der Waals surface area contributed by atoms with E-state index in [-0.39, 0.29) is 0 Å². The topological polar surface area (TPSA) is 38.8 Å². The van der Waals surface area contributed by atoms with Gasteiger partial charge in [0.2, 0.25) is 0 Å². The molecule has 0 spiro atoms. The van der Waals surface area contributed by atoms with Crippen LogP contribution in [0.1, 0.15) is 5.56 Å². The molecule has 1 rings (SSSR count). The molecule has 106 valence electrons. The van der Waals surface area contributed by atoms with Gasteiger partial charge in [-0.15, -0.1) is 0 Å². The Labute approximate surface area is 119 Å². The summed E-state index contributed by atoms with van der Waals surface area (Å²) in [6.45, 7) is 0. The Bertz CT molecular complexity index is 468. The van der Waals surface area contributed by atoms with Crippen molar-refractivity contribution in [3.63, 3.8) is 0 Å². The number of hydrogen-bond donors (Lipinski definition) is 0. The molecule has 1 aromatic carbocycles. The van der Waals surface area contributed by atoms with Gasteiger partial charge in [0.15, 0.2) is 0 Å². The molecule has 0 aliphatic rings. The Morgan fingerprint density at radius 3 is 2.21 bits per heavy atom. The van der Waals surface area contributed by atoms with Crippen LogP contribution < -0.4 is 0 Å². The van der Waals surface area contributed by atoms with Crippen molar-refractivity contribution in [2.75, 3.05) is 28.3 Å². The number of benzene rings is 1. The monoisotopic (exact) mass is 303 g/mol. The Morgan fingerprint density at radius 1 is 1.26 bits per heavy atom. The maximum atomic E-state index is 12.5. The molecule has 0 aliphatic carbocycles. The lowest BCUT2D eigenvalue weighted by molar-refractivity contribution is 0.242. The fourth-order valence-electron chi connectivity index (χ4n) is 1.64. The van der Waals surface area contributed by atoms with Gasteiger partial charge in [0.25, 0.3) is 0 Å². The van der Waals surface area contributed by atoms with Crippen LogP contribution in [0.15, 0.2) is 36.4 Å². The van der Waals surface area contributed by atoms with Crippen LogP contribution in [0, 0.1) is 0 Å². The molecule has 0 N–H and O–H groups in total. The van der Waals surface area contributed by atoms with Crippen molar-refractivity contribution in [2.45, 2.75) is 5.78 Å². The standard InChI is InChI=1S/C13H19ClNO3P/c1-15(2)13(19(16,17-3)18-4)10-12(14)11-8-6-5-7-9-11/h5-10,13H,1-4H3/b12-10-/t13-/m1/s1. The highest BCUT2D eigenvalue weighted by Gasteiger charge is 2.34. The summed E-state index contributed by atoms with van der Waals surface area (Å²) in [4.78, 5) is 1.75. The molecule has 1 aromatic rings. The number of likely N-dealkylation sites (N-methyl/N-ethyl adjacent to an activating group) is 1. The second kappa shape index (κ2) is 7.22. The van der Waals surface area contributed by atoms with Crippen molar-refractivity contribution in [3.05, 3.63) is 42.0 Å². The molecule has 0 fully saturated rings. The highest BCUT2D eigenvalue weighted by Crippen LogP contribution is 2.53. The Hall–Kier alpha value is -0.640. The first kappa shape index (κ1) is 16.4. The van der Waals surface area contributed by atoms with E-state index >= 15 is 0 Å². The third-order valence-corrected chi connectivity index (χ3v) is 5.33. The maximum Gasteiger partial charge on any atom is 0.351 e. The SMILES string of the molecule is COP(=O)(OC)[C@H](/C=C(\Cl)c1ccccc1)N(C)C. The zero-order valence-electron chi connectivity index (χ0n) is 11.5. The van der Waals surface area contributed by atoms with E-state index < -0.39 is 13.4 Å². The van der Waals surface area contributed by atoms with Crippen molar-refractivity contribution >= 4 is 24.2 Å². The lowest BCUT2D eigenvalue weighted by Gasteiger charge is -2.27. The number of hydrogen-bond acceptors (Lipinski definition) is 4. The predicted molar refractivity (Wildman–Crippen MR) is 79.4 cm³/mol. The lowest BCUT2D eigenvalue weighted by Crippen LogP contribution is -2.27. The Morgan fingerprint density at radius 2 is 1.79 bits per heavy atom. The fourth-order valence-corrected chi connectivity index (χ4v) is 3.45. The van der Waals surface area contributed by atoms with Crippen molar-refractivity contribution in [3.8, 4) is 0 Å². The molecular weight excluding hydrogens is 285 g/mol. The zero-order valence-corrected chi connectivity index (χ0v) is 13.2. The van der Waals surface area contributed by atoms with Gasteiger partial charge in [-0.1, -0.05) is 41.9 Å². The van der Waals surface area contributed by atoms with Crippen LogP contribution in [0.3, 0.4) is 0 Å². The first-order valence-electron chi connectivity index (χ1n) is 5.75. The smallest absolute Gasteiger partial charge is 0.311 e. The average molecular weight is 304 g/mol. The molecule has 0 aromatic heterocycles. The molecule has 19 heavy (non-hydrogen) atoms. The van der Waals surface area contributed by atoms with Crippen molar-refractivity contribution in [1.82, 2.24) is 4.90 Å². The van der Waals surface area contributed by atoms with E-state index in [2.05, 4.69) is 0 Å². The van der Waals surface area contributed by atoms with E-state index in [1.165, 1.54) is 14.2 Å². The first-order valence-corrected chi connectivity index (χ1v) is 7.74. The molecule has 4 nitrogen and oxygen atoms in total. The van der Waals surface area contributed by atoms with Gasteiger partial charge in [0, 0.05) is 19.3 Å². The van der Waals surface area contributed by atoms with Crippen molar-refractivity contribution in [2.24, 2.45) is 0 Å². The van der Waals surface area contributed by atoms with Crippen LogP contribution in [-0.4, -0.2) is 39.0 Å². The Kier molecular flexibility index (Phi) is 6.24. The first-order chi connectivity index (χ1) is 8.94. The molecule has 1 atom stereocenters. The molecule has 0 amide bonds. The Balaban J connectivity index is 3.12. The summed E-state index contributed by atoms with van der Waals surface area (Å²) < 4.78 is 22.5. The van der Waals surface area contributed by atoms with Crippen LogP contribution in [0.4, 0.5) is 0 Å². The number of nitrogens with zero attached hydrogens (tertiary/aromatic N) is 1. The second-order valence-electron chi connectivity index (χ2n) is 4.16. The van der Waals surface area contributed by atoms with E-state index in [9.17, 15) is 4.57 Å². The van der Waals surface area contributed by atoms with Gasteiger partial charge in [0.1, 0.15) is 5.78 Å². The molecule has 0 radical (unpaired) electrons. The van der Waals surface area contributed by atoms with Crippen LogP contribution in [0.2, 0.25) is 0 Å². The van der Waals surface area contributed by atoms with E-state index in [0.29, 0.717) is 5.03 Å². The molecule has 0 saturated carbocycles. The van der Waals surface area contributed by atoms with Crippen molar-refractivity contribution in [1.29, 1.82) is 0 Å². The quantitative estimate of drug-likeness (QED) is 0.752. The normalized spacial score (nSPS) is 14.7. The molecular formula is C13H19ClNO3P. The fraction of sp³-hybridized carbons (Fsp3) is 0.385. The number of rotatable bonds is 6. The molecule has 0 bridgehead atoms. The van der Waals surface area contributed by atoms with E-state index in [0.717, 1.165) is 5.56 Å². The van der Waals surface area contributed by atoms with Crippen molar-refractivity contribution < 1.29 is 13.6 Å². The highest BCUT2D eigenvalue weighted by atomic mass is 35.5. The molecule has 0 heterocycles. The summed E-state index contributed by atoms with van der Waals surface area (Å²) >= 11 is 6.27. The van der Waals surface area contributed by atoms with Gasteiger partial charge >= 0.3 is 7.60 Å². The van der Waals surface area contributed by atoms with Crippen LogP contribution in [-0.2, 0) is 13.6 Å². The van der Waals surface area contributed by atoms with E-state index in [1.54, 1.807) is 25.1 Å². The van der Waals surface area contributed by atoms with Crippen LogP contribution in [0.25, 0.3) is 5.03 Å². The zero-order chi connectivity index (χ0) is 14.5. The minimum absolute atomic E-state index is 0.508. The molecule has 0 saturated heterocycles. The summed E-state index contributed by atoms with van der Waals surface area (Å²) in [7, 11) is 3.06. The van der Waals surface area contributed by atoms with E-state index in [1.807, 2.05) is 30.3 Å². The van der Waals surface area contributed by atoms with E-state index in [4.69, 9.17) is 20.6 Å². The maximum absolute atomic E-state index is 12.5. The van der Waals surface area contributed by atoms with Gasteiger partial charge < -0.3 is 9.05 Å². The van der Waals surface area contributed by atoms with Gasteiger partial charge in [-0.2, -0.15) is 0 Å². The lowest BCUT2D eigenvalue weighted by atomic mass is 10.2. The van der Waals surface area contributed by atoms with Gasteiger partial charge in [-0.3, -0.25) is 9.46 Å². The van der Waals surface area contributed by atoms with Crippen LogP contribution >= 0.6 is 19.2 Å². The summed E-state index contributed by atoms with van der Waals surface area (Å²) in [5, 5.41) is 0.508. The number of halogens is 1. The molecule has 6 heteroatoms. The largest absolute Gasteiger partial charge is 0.351 e. The summed E-state index contributed by atoms with van der Waals surface area (Å²) in [5.41, 5.74) is 0.856. The summed E-state index contributed by atoms with van der Waals surface area (Å²) in [6.07, 6.45) is 1.69. The van der Waals surface area contributed by atoms with Gasteiger partial charge in [-0.05, 0) is 25.7 Å².